The monoisotopic (exact) mass is 398 g/mol. The van der Waals surface area contributed by atoms with Crippen molar-refractivity contribution in [2.24, 2.45) is 0 Å². The molecule has 1 amide bonds. The van der Waals surface area contributed by atoms with Crippen LogP contribution >= 0.6 is 23.1 Å². The molecule has 0 fully saturated rings. The highest BCUT2D eigenvalue weighted by atomic mass is 32.2. The molecule has 0 aliphatic rings. The number of thioether (sulfide) groups is 1. The summed E-state index contributed by atoms with van der Waals surface area (Å²) < 4.78 is 42.8. The summed E-state index contributed by atoms with van der Waals surface area (Å²) >= 11 is 2.85. The number of halogens is 3. The fourth-order valence-corrected chi connectivity index (χ4v) is 3.91. The summed E-state index contributed by atoms with van der Waals surface area (Å²) in [6, 6.07) is 13.5. The van der Waals surface area contributed by atoms with Gasteiger partial charge in [0.15, 0.2) is 10.9 Å². The number of aromatic nitrogens is 1. The van der Waals surface area contributed by atoms with Gasteiger partial charge in [0.2, 0.25) is 5.91 Å². The third kappa shape index (κ3) is 5.37. The van der Waals surface area contributed by atoms with E-state index in [2.05, 4.69) is 15.0 Å². The summed E-state index contributed by atoms with van der Waals surface area (Å²) in [6.07, 6.45) is -4.38. The molecule has 0 saturated carbocycles. The molecule has 0 aliphatic carbocycles. The minimum Gasteiger partial charge on any atom is -0.484 e. The summed E-state index contributed by atoms with van der Waals surface area (Å²) in [5, 5.41) is 2.68. The largest absolute Gasteiger partial charge is 0.484 e. The second-order valence-corrected chi connectivity index (χ2v) is 7.47. The quantitative estimate of drug-likeness (QED) is 0.596. The van der Waals surface area contributed by atoms with Crippen molar-refractivity contribution in [2.75, 3.05) is 17.7 Å². The van der Waals surface area contributed by atoms with Crippen LogP contribution in [0.5, 0.6) is 5.75 Å². The molecule has 136 valence electrons. The van der Waals surface area contributed by atoms with Crippen LogP contribution in [0.1, 0.15) is 0 Å². The highest BCUT2D eigenvalue weighted by Gasteiger charge is 2.28. The third-order valence-corrected chi connectivity index (χ3v) is 5.32. The van der Waals surface area contributed by atoms with E-state index in [0.29, 0.717) is 5.69 Å². The van der Waals surface area contributed by atoms with Crippen molar-refractivity contribution in [3.8, 4) is 5.75 Å². The number of anilines is 1. The number of carbonyl (C=O) groups is 1. The maximum Gasteiger partial charge on any atom is 0.422 e. The predicted molar refractivity (Wildman–Crippen MR) is 97.0 cm³/mol. The van der Waals surface area contributed by atoms with E-state index in [1.165, 1.54) is 47.4 Å². The molecule has 0 radical (unpaired) electrons. The Morgan fingerprint density at radius 1 is 1.15 bits per heavy atom. The van der Waals surface area contributed by atoms with E-state index in [-0.39, 0.29) is 17.4 Å². The Bertz CT molecular complexity index is 862. The molecular formula is C17H13F3N2O2S2. The first-order valence-corrected chi connectivity index (χ1v) is 9.27. The highest BCUT2D eigenvalue weighted by molar-refractivity contribution is 8.01. The van der Waals surface area contributed by atoms with Crippen LogP contribution in [0, 0.1) is 0 Å². The van der Waals surface area contributed by atoms with Crippen molar-refractivity contribution in [1.82, 2.24) is 4.98 Å². The van der Waals surface area contributed by atoms with Gasteiger partial charge in [-0.2, -0.15) is 13.2 Å². The van der Waals surface area contributed by atoms with Crippen molar-refractivity contribution in [1.29, 1.82) is 0 Å². The number of benzene rings is 2. The Morgan fingerprint density at radius 2 is 1.88 bits per heavy atom. The fourth-order valence-electron chi connectivity index (χ4n) is 2.04. The van der Waals surface area contributed by atoms with Crippen LogP contribution in [0.4, 0.5) is 18.9 Å². The number of nitrogens with zero attached hydrogens (tertiary/aromatic N) is 1. The van der Waals surface area contributed by atoms with E-state index >= 15 is 0 Å². The molecular weight excluding hydrogens is 385 g/mol. The van der Waals surface area contributed by atoms with E-state index < -0.39 is 12.8 Å². The lowest BCUT2D eigenvalue weighted by atomic mass is 10.3. The van der Waals surface area contributed by atoms with E-state index in [1.54, 1.807) is 0 Å². The molecule has 26 heavy (non-hydrogen) atoms. The molecule has 0 atom stereocenters. The zero-order chi connectivity index (χ0) is 18.6. The van der Waals surface area contributed by atoms with Crippen molar-refractivity contribution >= 4 is 44.9 Å². The van der Waals surface area contributed by atoms with Crippen LogP contribution in [0.2, 0.25) is 0 Å². The van der Waals surface area contributed by atoms with Gasteiger partial charge >= 0.3 is 6.18 Å². The minimum atomic E-state index is -4.38. The molecule has 1 heterocycles. The number of alkyl halides is 3. The van der Waals surface area contributed by atoms with Crippen LogP contribution in [0.3, 0.4) is 0 Å². The lowest BCUT2D eigenvalue weighted by Crippen LogP contribution is -2.19. The number of rotatable bonds is 6. The summed E-state index contributed by atoms with van der Waals surface area (Å²) in [5.74, 6) is 0.0500. The van der Waals surface area contributed by atoms with Crippen LogP contribution in [-0.4, -0.2) is 29.4 Å². The van der Waals surface area contributed by atoms with Crippen molar-refractivity contribution in [3.05, 3.63) is 48.5 Å². The molecule has 3 rings (SSSR count). The standard InChI is InChI=1S/C17H13F3N2O2S2/c18-17(19,20)10-24-12-7-5-11(6-8-12)21-15(23)9-25-16-22-13-3-1-2-4-14(13)26-16/h1-8H,9-10H2,(H,21,23). The number of nitrogens with one attached hydrogen (secondary N) is 1. The molecule has 1 aromatic heterocycles. The molecule has 0 spiro atoms. The summed E-state index contributed by atoms with van der Waals surface area (Å²) in [5.41, 5.74) is 1.38. The lowest BCUT2D eigenvalue weighted by Gasteiger charge is -2.10. The van der Waals surface area contributed by atoms with Crippen LogP contribution in [0.25, 0.3) is 10.2 Å². The lowest BCUT2D eigenvalue weighted by molar-refractivity contribution is -0.153. The first-order chi connectivity index (χ1) is 12.4. The SMILES string of the molecule is O=C(CSc1nc2ccccc2s1)Nc1ccc(OCC(F)(F)F)cc1. The first-order valence-electron chi connectivity index (χ1n) is 7.47. The average molecular weight is 398 g/mol. The van der Waals surface area contributed by atoms with Gasteiger partial charge in [0.25, 0.3) is 0 Å². The van der Waals surface area contributed by atoms with Crippen LogP contribution in [0.15, 0.2) is 52.9 Å². The number of hydrogen-bond acceptors (Lipinski definition) is 5. The summed E-state index contributed by atoms with van der Waals surface area (Å²) in [6.45, 7) is -1.35. The van der Waals surface area contributed by atoms with Crippen molar-refractivity contribution in [3.63, 3.8) is 0 Å². The number of ether oxygens (including phenoxy) is 1. The molecule has 0 bridgehead atoms. The van der Waals surface area contributed by atoms with Gasteiger partial charge in [-0.15, -0.1) is 11.3 Å². The molecule has 0 unspecified atom stereocenters. The predicted octanol–water partition coefficient (Wildman–Crippen LogP) is 4.97. The smallest absolute Gasteiger partial charge is 0.422 e. The van der Waals surface area contributed by atoms with E-state index in [1.807, 2.05) is 24.3 Å². The third-order valence-electron chi connectivity index (χ3n) is 3.14. The normalized spacial score (nSPS) is 11.5. The number of fused-ring (bicyclic) bond motifs is 1. The molecule has 9 heteroatoms. The van der Waals surface area contributed by atoms with Gasteiger partial charge in [-0.1, -0.05) is 23.9 Å². The molecule has 3 aromatic rings. The van der Waals surface area contributed by atoms with Gasteiger partial charge < -0.3 is 10.1 Å². The van der Waals surface area contributed by atoms with Gasteiger partial charge in [-0.3, -0.25) is 4.79 Å². The second-order valence-electron chi connectivity index (χ2n) is 5.21. The molecule has 2 aromatic carbocycles. The van der Waals surface area contributed by atoms with Crippen LogP contribution < -0.4 is 10.1 Å². The average Bonchev–Trinajstić information content (AvgIpc) is 3.02. The number of carbonyl (C=O) groups excluding carboxylic acids is 1. The Balaban J connectivity index is 1.49. The van der Waals surface area contributed by atoms with Gasteiger partial charge in [0, 0.05) is 5.69 Å². The molecule has 0 aliphatic heterocycles. The topological polar surface area (TPSA) is 51.2 Å². The summed E-state index contributed by atoms with van der Waals surface area (Å²) in [4.78, 5) is 16.4. The number of hydrogen-bond donors (Lipinski definition) is 1. The van der Waals surface area contributed by atoms with Gasteiger partial charge in [0.1, 0.15) is 5.75 Å². The number of amides is 1. The van der Waals surface area contributed by atoms with E-state index in [9.17, 15) is 18.0 Å². The first kappa shape index (κ1) is 18.5. The van der Waals surface area contributed by atoms with Gasteiger partial charge in [-0.05, 0) is 36.4 Å². The number of thiazole rings is 1. The molecule has 4 nitrogen and oxygen atoms in total. The van der Waals surface area contributed by atoms with Crippen molar-refractivity contribution in [2.45, 2.75) is 10.5 Å². The highest BCUT2D eigenvalue weighted by Crippen LogP contribution is 2.29. The zero-order valence-electron chi connectivity index (χ0n) is 13.2. The zero-order valence-corrected chi connectivity index (χ0v) is 14.9. The Hall–Kier alpha value is -2.26. The van der Waals surface area contributed by atoms with Gasteiger partial charge in [0.05, 0.1) is 16.0 Å². The Labute approximate surface area is 155 Å². The maximum atomic E-state index is 12.1. The number of para-hydroxylation sites is 1. The maximum absolute atomic E-state index is 12.1. The van der Waals surface area contributed by atoms with E-state index in [4.69, 9.17) is 0 Å². The molecule has 1 N–H and O–H groups in total. The molecule has 0 saturated heterocycles. The Kier molecular flexibility index (Phi) is 5.67. The van der Waals surface area contributed by atoms with Gasteiger partial charge in [-0.25, -0.2) is 4.98 Å². The second kappa shape index (κ2) is 7.96. The Morgan fingerprint density at radius 3 is 2.58 bits per heavy atom. The van der Waals surface area contributed by atoms with Crippen molar-refractivity contribution < 1.29 is 22.7 Å². The van der Waals surface area contributed by atoms with Crippen LogP contribution in [-0.2, 0) is 4.79 Å². The fraction of sp³-hybridized carbons (Fsp3) is 0.176. The minimum absolute atomic E-state index is 0.0872. The summed E-state index contributed by atoms with van der Waals surface area (Å²) in [7, 11) is 0. The van der Waals surface area contributed by atoms with E-state index in [0.717, 1.165) is 14.6 Å².